The molecule has 1 nitrogen and oxygen atoms in total. The molecule has 0 bridgehead atoms. The Labute approximate surface area is 96.7 Å². The zero-order chi connectivity index (χ0) is 12.3. The molecule has 0 spiro atoms. The van der Waals surface area contributed by atoms with Crippen LogP contribution in [0.2, 0.25) is 0 Å². The molecule has 0 fully saturated rings. The number of hydrogen-bond donors (Lipinski definition) is 0. The zero-order valence-corrected chi connectivity index (χ0v) is 10.4. The van der Waals surface area contributed by atoms with Crippen LogP contribution in [0.5, 0.6) is 0 Å². The number of hydrogen-bond acceptors (Lipinski definition) is 1. The molecule has 0 saturated heterocycles. The summed E-state index contributed by atoms with van der Waals surface area (Å²) in [6.07, 6.45) is 0.802. The average molecular weight is 222 g/mol. The van der Waals surface area contributed by atoms with Gasteiger partial charge in [0.15, 0.2) is 5.78 Å². The lowest BCUT2D eigenvalue weighted by Crippen LogP contribution is -2.09. The Hall–Kier alpha value is -1.18. The summed E-state index contributed by atoms with van der Waals surface area (Å²) < 4.78 is 13.3. The third-order valence-corrected chi connectivity index (χ3v) is 2.41. The van der Waals surface area contributed by atoms with Gasteiger partial charge in [0.1, 0.15) is 5.82 Å². The van der Waals surface area contributed by atoms with E-state index in [4.69, 9.17) is 0 Å². The Morgan fingerprint density at radius 2 is 1.81 bits per heavy atom. The van der Waals surface area contributed by atoms with E-state index in [1.165, 1.54) is 12.1 Å². The topological polar surface area (TPSA) is 17.1 Å². The highest BCUT2D eigenvalue weighted by atomic mass is 19.1. The molecular formula is C14H19FO. The summed E-state index contributed by atoms with van der Waals surface area (Å²) in [5.41, 5.74) is 1.39. The van der Waals surface area contributed by atoms with E-state index in [9.17, 15) is 9.18 Å². The molecule has 0 N–H and O–H groups in total. The SMILES string of the molecule is CC(C)Cc1cc(F)cc(C(=O)C(C)C)c1. The molecule has 1 rings (SSSR count). The summed E-state index contributed by atoms with van der Waals surface area (Å²) in [4.78, 5) is 11.8. The van der Waals surface area contributed by atoms with Crippen LogP contribution >= 0.6 is 0 Å². The maximum Gasteiger partial charge on any atom is 0.165 e. The van der Waals surface area contributed by atoms with Gasteiger partial charge in [0.2, 0.25) is 0 Å². The molecule has 16 heavy (non-hydrogen) atoms. The second-order valence-corrected chi connectivity index (χ2v) is 4.97. The highest BCUT2D eigenvalue weighted by Gasteiger charge is 2.12. The lowest BCUT2D eigenvalue weighted by molar-refractivity contribution is 0.0939. The van der Waals surface area contributed by atoms with Gasteiger partial charge < -0.3 is 0 Å². The zero-order valence-electron chi connectivity index (χ0n) is 10.4. The second-order valence-electron chi connectivity index (χ2n) is 4.97. The predicted octanol–water partition coefficient (Wildman–Crippen LogP) is 3.86. The van der Waals surface area contributed by atoms with E-state index in [1.807, 2.05) is 19.9 Å². The molecule has 0 aliphatic carbocycles. The second kappa shape index (κ2) is 5.24. The Bertz CT molecular complexity index is 380. The number of ketones is 1. The third-order valence-electron chi connectivity index (χ3n) is 2.41. The summed E-state index contributed by atoms with van der Waals surface area (Å²) in [5.74, 6) is 0.0594. The smallest absolute Gasteiger partial charge is 0.165 e. The van der Waals surface area contributed by atoms with Crippen molar-refractivity contribution in [2.75, 3.05) is 0 Å². The Balaban J connectivity index is 3.03. The molecule has 88 valence electrons. The van der Waals surface area contributed by atoms with Crippen LogP contribution in [-0.2, 0) is 6.42 Å². The first-order valence-corrected chi connectivity index (χ1v) is 5.74. The minimum Gasteiger partial charge on any atom is -0.294 e. The molecule has 0 aliphatic rings. The van der Waals surface area contributed by atoms with Gasteiger partial charge in [0.25, 0.3) is 0 Å². The van der Waals surface area contributed by atoms with E-state index < -0.39 is 0 Å². The minimum absolute atomic E-state index is 0.00417. The quantitative estimate of drug-likeness (QED) is 0.707. The van der Waals surface area contributed by atoms with E-state index in [2.05, 4.69) is 13.8 Å². The van der Waals surface area contributed by atoms with Gasteiger partial charge in [-0.15, -0.1) is 0 Å². The van der Waals surface area contributed by atoms with Gasteiger partial charge in [-0.2, -0.15) is 0 Å². The molecule has 0 aromatic heterocycles. The van der Waals surface area contributed by atoms with Gasteiger partial charge in [-0.3, -0.25) is 4.79 Å². The van der Waals surface area contributed by atoms with Crippen LogP contribution < -0.4 is 0 Å². The summed E-state index contributed by atoms with van der Waals surface area (Å²) in [6.45, 7) is 7.81. The fourth-order valence-electron chi connectivity index (χ4n) is 1.72. The van der Waals surface area contributed by atoms with Crippen LogP contribution in [0.1, 0.15) is 43.6 Å². The summed E-state index contributed by atoms with van der Waals surface area (Å²) >= 11 is 0. The molecule has 0 radical (unpaired) electrons. The van der Waals surface area contributed by atoms with Gasteiger partial charge in [0.05, 0.1) is 0 Å². The first kappa shape index (κ1) is 12.9. The van der Waals surface area contributed by atoms with Crippen LogP contribution in [0.15, 0.2) is 18.2 Å². The fourth-order valence-corrected chi connectivity index (χ4v) is 1.72. The molecule has 0 atom stereocenters. The van der Waals surface area contributed by atoms with E-state index in [-0.39, 0.29) is 17.5 Å². The number of benzene rings is 1. The van der Waals surface area contributed by atoms with Crippen molar-refractivity contribution in [3.8, 4) is 0 Å². The molecule has 0 saturated carbocycles. The maximum absolute atomic E-state index is 13.3. The summed E-state index contributed by atoms with van der Waals surface area (Å²) in [6, 6.07) is 4.65. The average Bonchev–Trinajstić information content (AvgIpc) is 2.14. The van der Waals surface area contributed by atoms with Crippen LogP contribution in [0.4, 0.5) is 4.39 Å². The van der Waals surface area contributed by atoms with Crippen molar-refractivity contribution in [1.82, 2.24) is 0 Å². The van der Waals surface area contributed by atoms with Crippen molar-refractivity contribution in [2.45, 2.75) is 34.1 Å². The molecule has 2 heteroatoms. The van der Waals surface area contributed by atoms with Crippen LogP contribution in [-0.4, -0.2) is 5.78 Å². The number of rotatable bonds is 4. The summed E-state index contributed by atoms with van der Waals surface area (Å²) in [5, 5.41) is 0. The van der Waals surface area contributed by atoms with Crippen molar-refractivity contribution < 1.29 is 9.18 Å². The molecule has 0 unspecified atom stereocenters. The molecular weight excluding hydrogens is 203 g/mol. The van der Waals surface area contributed by atoms with Crippen LogP contribution in [0.3, 0.4) is 0 Å². The molecule has 0 aliphatic heterocycles. The maximum atomic E-state index is 13.3. The Morgan fingerprint density at radius 3 is 2.31 bits per heavy atom. The molecule has 0 amide bonds. The molecule has 1 aromatic rings. The van der Waals surface area contributed by atoms with Crippen molar-refractivity contribution in [3.63, 3.8) is 0 Å². The number of Topliss-reactive ketones (excluding diaryl/α,β-unsaturated/α-hetero) is 1. The number of carbonyl (C=O) groups excluding carboxylic acids is 1. The first-order valence-electron chi connectivity index (χ1n) is 5.74. The number of carbonyl (C=O) groups is 1. The van der Waals surface area contributed by atoms with Crippen molar-refractivity contribution in [2.24, 2.45) is 11.8 Å². The summed E-state index contributed by atoms with van der Waals surface area (Å²) in [7, 11) is 0. The largest absolute Gasteiger partial charge is 0.294 e. The standard InChI is InChI=1S/C14H19FO/c1-9(2)5-11-6-12(8-13(15)7-11)14(16)10(3)4/h6-10H,5H2,1-4H3. The van der Waals surface area contributed by atoms with E-state index in [0.29, 0.717) is 11.5 Å². The van der Waals surface area contributed by atoms with Crippen molar-refractivity contribution in [1.29, 1.82) is 0 Å². The van der Waals surface area contributed by atoms with E-state index in [1.54, 1.807) is 0 Å². The van der Waals surface area contributed by atoms with E-state index in [0.717, 1.165) is 12.0 Å². The van der Waals surface area contributed by atoms with E-state index >= 15 is 0 Å². The van der Waals surface area contributed by atoms with Crippen LogP contribution in [0.25, 0.3) is 0 Å². The monoisotopic (exact) mass is 222 g/mol. The fraction of sp³-hybridized carbons (Fsp3) is 0.500. The van der Waals surface area contributed by atoms with Crippen LogP contribution in [0, 0.1) is 17.7 Å². The Morgan fingerprint density at radius 1 is 1.19 bits per heavy atom. The number of halogens is 1. The minimum atomic E-state index is -0.317. The predicted molar refractivity (Wildman–Crippen MR) is 64.1 cm³/mol. The normalized spacial score (nSPS) is 11.2. The van der Waals surface area contributed by atoms with Gasteiger partial charge >= 0.3 is 0 Å². The highest BCUT2D eigenvalue weighted by molar-refractivity contribution is 5.97. The molecule has 0 heterocycles. The highest BCUT2D eigenvalue weighted by Crippen LogP contribution is 2.16. The van der Waals surface area contributed by atoms with Gasteiger partial charge in [0, 0.05) is 11.5 Å². The Kier molecular flexibility index (Phi) is 4.22. The van der Waals surface area contributed by atoms with Gasteiger partial charge in [-0.1, -0.05) is 27.7 Å². The van der Waals surface area contributed by atoms with Crippen molar-refractivity contribution in [3.05, 3.63) is 35.1 Å². The van der Waals surface area contributed by atoms with Crippen molar-refractivity contribution >= 4 is 5.78 Å². The third kappa shape index (κ3) is 3.44. The first-order chi connectivity index (χ1) is 7.40. The van der Waals surface area contributed by atoms with Gasteiger partial charge in [-0.25, -0.2) is 4.39 Å². The lowest BCUT2D eigenvalue weighted by atomic mass is 9.96. The molecule has 1 aromatic carbocycles. The van der Waals surface area contributed by atoms with Gasteiger partial charge in [-0.05, 0) is 36.1 Å². The lowest BCUT2D eigenvalue weighted by Gasteiger charge is -2.09.